The Morgan fingerprint density at radius 3 is 1.64 bits per heavy atom. The highest BCUT2D eigenvalue weighted by Crippen LogP contribution is 2.40. The van der Waals surface area contributed by atoms with Gasteiger partial charge in [-0.25, -0.2) is 0 Å². The molecule has 0 saturated heterocycles. The van der Waals surface area contributed by atoms with Crippen LogP contribution in [0.3, 0.4) is 0 Å². The van der Waals surface area contributed by atoms with Crippen molar-refractivity contribution in [1.82, 2.24) is 9.13 Å². The lowest BCUT2D eigenvalue weighted by atomic mass is 10.0. The van der Waals surface area contributed by atoms with Gasteiger partial charge in [0.15, 0.2) is 0 Å². The van der Waals surface area contributed by atoms with E-state index in [9.17, 15) is 15.1 Å². The molecular formula is C48H32N2. The van der Waals surface area contributed by atoms with Crippen LogP contribution in [0.5, 0.6) is 0 Å². The summed E-state index contributed by atoms with van der Waals surface area (Å²) in [4.78, 5) is 0. The van der Waals surface area contributed by atoms with Crippen molar-refractivity contribution in [2.45, 2.75) is 0 Å². The highest BCUT2D eigenvalue weighted by atomic mass is 15.0. The molecule has 0 aliphatic heterocycles. The standard InChI is InChI=1S/C48H32N2/c1-3-14-33(15-4-1)35-18-13-19-38(30-35)49-45-24-11-8-21-40(45)42-31-36(26-28-47(42)49)37-27-29-48-43(32-37)41-22-9-12-25-46(41)50(48)44-23-10-7-20-39(44)34-16-5-2-6-17-34/h1-32H/i1D,2D,3D,4D,5D,6D,7D,8D,9D,10D,11D,12D,13D,14D,15D,16D,17D,18D,19D,20D,21D,22D,23D,24D,25D,26D,27D,28D,29D,30D,32D. The quantitative estimate of drug-likeness (QED) is 0.173. The molecule has 0 fully saturated rings. The number of aromatic nitrogens is 2. The molecule has 0 bridgehead atoms. The number of hydrogen-bond acceptors (Lipinski definition) is 0. The van der Waals surface area contributed by atoms with Crippen LogP contribution < -0.4 is 0 Å². The molecule has 8 aromatic carbocycles. The van der Waals surface area contributed by atoms with E-state index in [2.05, 4.69) is 0 Å². The van der Waals surface area contributed by atoms with Gasteiger partial charge in [0.25, 0.3) is 0 Å². The van der Waals surface area contributed by atoms with E-state index < -0.39 is 276 Å². The van der Waals surface area contributed by atoms with Gasteiger partial charge in [0.05, 0.1) is 70.2 Å². The number of nitrogens with zero attached hydrogens (tertiary/aromatic N) is 2. The number of para-hydroxylation sites is 3. The summed E-state index contributed by atoms with van der Waals surface area (Å²) in [6.07, 6.45) is 0. The van der Waals surface area contributed by atoms with E-state index in [1.54, 1.807) is 0 Å². The second-order valence-corrected chi connectivity index (χ2v) is 10.6. The van der Waals surface area contributed by atoms with Crippen molar-refractivity contribution in [2.75, 3.05) is 0 Å². The van der Waals surface area contributed by atoms with E-state index in [4.69, 9.17) is 27.4 Å². The Morgan fingerprint density at radius 2 is 0.860 bits per heavy atom. The maximum atomic E-state index is 9.92. The Labute approximate surface area is 334 Å². The van der Waals surface area contributed by atoms with E-state index in [1.165, 1.54) is 0 Å². The molecule has 0 N–H and O–H groups in total. The average molecular weight is 668 g/mol. The van der Waals surface area contributed by atoms with Crippen LogP contribution in [-0.4, -0.2) is 9.13 Å². The molecule has 234 valence electrons. The Morgan fingerprint density at radius 1 is 0.320 bits per heavy atom. The molecule has 2 heteroatoms. The molecule has 0 aliphatic carbocycles. The minimum atomic E-state index is -1.04. The van der Waals surface area contributed by atoms with Crippen LogP contribution in [-0.2, 0) is 0 Å². The van der Waals surface area contributed by atoms with Gasteiger partial charge in [-0.05, 0) is 82.2 Å². The fraction of sp³-hybridized carbons (Fsp3) is 0. The first kappa shape index (κ1) is 11.2. The number of fused-ring (bicyclic) bond motifs is 6. The predicted molar refractivity (Wildman–Crippen MR) is 211 cm³/mol. The summed E-state index contributed by atoms with van der Waals surface area (Å²) in [5.74, 6) is 0. The van der Waals surface area contributed by atoms with Crippen LogP contribution in [0.2, 0.25) is 0 Å². The first-order valence-electron chi connectivity index (χ1n) is 30.2. The summed E-state index contributed by atoms with van der Waals surface area (Å²) in [5, 5.41) is -2.18. The van der Waals surface area contributed by atoms with Crippen LogP contribution in [0, 0.1) is 0 Å². The summed E-state index contributed by atoms with van der Waals surface area (Å²) < 4.78 is 279. The van der Waals surface area contributed by atoms with Crippen LogP contribution >= 0.6 is 0 Å². The van der Waals surface area contributed by atoms with Crippen molar-refractivity contribution in [1.29, 1.82) is 0 Å². The highest BCUT2D eigenvalue weighted by Gasteiger charge is 2.18. The minimum absolute atomic E-state index is 0.420. The maximum absolute atomic E-state index is 9.92. The summed E-state index contributed by atoms with van der Waals surface area (Å²) in [6.45, 7) is 0. The molecule has 0 spiro atoms. The Hall–Kier alpha value is -6.64. The summed E-state index contributed by atoms with van der Waals surface area (Å²) in [7, 11) is 0. The first-order chi connectivity index (χ1) is 37.7. The topological polar surface area (TPSA) is 9.86 Å². The molecule has 0 unspecified atom stereocenters. The van der Waals surface area contributed by atoms with Crippen molar-refractivity contribution in [3.8, 4) is 44.8 Å². The van der Waals surface area contributed by atoms with Gasteiger partial charge in [0, 0.05) is 32.8 Å². The Bertz CT molecular complexity index is 4590. The number of hydrogen-bond donors (Lipinski definition) is 0. The molecule has 2 nitrogen and oxygen atoms in total. The fourth-order valence-corrected chi connectivity index (χ4v) is 5.80. The normalized spacial score (nSPS) is 20.3. The highest BCUT2D eigenvalue weighted by molar-refractivity contribution is 6.13. The van der Waals surface area contributed by atoms with Gasteiger partial charge in [-0.2, -0.15) is 0 Å². The zero-order valence-electron chi connectivity index (χ0n) is 56.0. The average Bonchev–Trinajstić information content (AvgIpc) is 3.50. The SMILES string of the molecule is [2H]c1c([2H])c([2H])c(-c2c([2H])c([2H])c([2H])c(-n3c4c([2H])c([2H])c(-c5c([2H])c([2H])c6c(c5[2H])c5c([2H])c([2H])c([2H])c([2H])c5n6-c5c([2H])c([2H])c([2H])c([2H])c5-c5c([2H])c([2H])c([2H])c([2H])c5[2H])cc4c4c([2H])c([2H])c([2H])c([2H])c43)c2[2H])c([2H])c1[2H]. The largest absolute Gasteiger partial charge is 0.309 e. The number of benzene rings is 8. The van der Waals surface area contributed by atoms with Crippen molar-refractivity contribution in [3.05, 3.63) is 193 Å². The molecule has 2 aromatic heterocycles. The van der Waals surface area contributed by atoms with Crippen LogP contribution in [0.15, 0.2) is 193 Å². The van der Waals surface area contributed by atoms with E-state index in [1.807, 2.05) is 0 Å². The lowest BCUT2D eigenvalue weighted by Gasteiger charge is -2.14. The van der Waals surface area contributed by atoms with Crippen molar-refractivity contribution in [3.63, 3.8) is 0 Å². The molecule has 10 aromatic rings. The van der Waals surface area contributed by atoms with Gasteiger partial charge in [-0.3, -0.25) is 0 Å². The summed E-state index contributed by atoms with van der Waals surface area (Å²) in [5.41, 5.74) is -8.77. The first-order valence-corrected chi connectivity index (χ1v) is 14.7. The van der Waals surface area contributed by atoms with Gasteiger partial charge in [0.1, 0.15) is 0 Å². The molecule has 10 rings (SSSR count). The lowest BCUT2D eigenvalue weighted by molar-refractivity contribution is 1.18. The van der Waals surface area contributed by atoms with Crippen LogP contribution in [0.4, 0.5) is 0 Å². The van der Waals surface area contributed by atoms with Crippen molar-refractivity contribution >= 4 is 43.6 Å². The second-order valence-electron chi connectivity index (χ2n) is 10.6. The van der Waals surface area contributed by atoms with Crippen LogP contribution in [0.25, 0.3) is 88.4 Å². The van der Waals surface area contributed by atoms with Gasteiger partial charge in [-0.15, -0.1) is 0 Å². The summed E-state index contributed by atoms with van der Waals surface area (Å²) in [6, 6.07) is -28.4. The number of rotatable bonds is 5. The van der Waals surface area contributed by atoms with E-state index >= 15 is 0 Å². The molecule has 0 amide bonds. The van der Waals surface area contributed by atoms with E-state index in [-0.39, 0.29) is 0 Å². The second kappa shape index (κ2) is 11.5. The fourth-order valence-electron chi connectivity index (χ4n) is 5.80. The van der Waals surface area contributed by atoms with Crippen molar-refractivity contribution < 1.29 is 42.5 Å². The third-order valence-corrected chi connectivity index (χ3v) is 7.90. The molecule has 0 saturated carbocycles. The van der Waals surface area contributed by atoms with Crippen molar-refractivity contribution in [2.24, 2.45) is 0 Å². The Kier molecular flexibility index (Phi) is 2.58. The summed E-state index contributed by atoms with van der Waals surface area (Å²) >= 11 is 0. The maximum Gasteiger partial charge on any atom is 0.0651 e. The predicted octanol–water partition coefficient (Wildman–Crippen LogP) is 12.9. The molecule has 0 radical (unpaired) electrons. The molecule has 0 aliphatic rings. The van der Waals surface area contributed by atoms with E-state index in [0.717, 1.165) is 10.6 Å². The van der Waals surface area contributed by atoms with Gasteiger partial charge in [0.2, 0.25) is 0 Å². The molecule has 50 heavy (non-hydrogen) atoms. The van der Waals surface area contributed by atoms with Gasteiger partial charge in [-0.1, -0.05) is 139 Å². The zero-order chi connectivity index (χ0) is 60.0. The lowest BCUT2D eigenvalue weighted by Crippen LogP contribution is -1.97. The third-order valence-electron chi connectivity index (χ3n) is 7.90. The molecular weight excluding hydrogens is 605 g/mol. The third kappa shape index (κ3) is 4.50. The smallest absolute Gasteiger partial charge is 0.0651 e. The monoisotopic (exact) mass is 667 g/mol. The molecule has 0 atom stereocenters. The zero-order valence-corrected chi connectivity index (χ0v) is 25.0. The minimum Gasteiger partial charge on any atom is -0.309 e. The van der Waals surface area contributed by atoms with E-state index in [0.29, 0.717) is 4.57 Å². The van der Waals surface area contributed by atoms with Gasteiger partial charge >= 0.3 is 0 Å². The van der Waals surface area contributed by atoms with Crippen LogP contribution in [0.1, 0.15) is 42.5 Å². The Balaban J connectivity index is 1.40. The van der Waals surface area contributed by atoms with Gasteiger partial charge < -0.3 is 9.13 Å². The molecule has 2 heterocycles.